The minimum atomic E-state index is -0.577. The van der Waals surface area contributed by atoms with Crippen LogP contribution in [0.2, 0.25) is 0 Å². The molecule has 0 unspecified atom stereocenters. The maximum absolute atomic E-state index is 12.3. The summed E-state index contributed by atoms with van der Waals surface area (Å²) in [4.78, 5) is 32.7. The van der Waals surface area contributed by atoms with Crippen LogP contribution in [0.25, 0.3) is 0 Å². The van der Waals surface area contributed by atoms with Gasteiger partial charge in [-0.05, 0) is 39.0 Å². The van der Waals surface area contributed by atoms with E-state index in [9.17, 15) is 9.59 Å². The second-order valence-corrected chi connectivity index (χ2v) is 8.25. The van der Waals surface area contributed by atoms with Gasteiger partial charge in [0.05, 0.1) is 5.56 Å². The molecule has 2 aliphatic rings. The number of nitrogens with one attached hydrogen (secondary N) is 2. The minimum Gasteiger partial charge on any atom is -0.366 e. The highest BCUT2D eigenvalue weighted by Crippen LogP contribution is 2.35. The number of nitrogens with zero attached hydrogens (tertiary/aromatic N) is 2. The van der Waals surface area contributed by atoms with Crippen molar-refractivity contribution in [3.8, 4) is 0 Å². The van der Waals surface area contributed by atoms with Crippen LogP contribution in [0.15, 0.2) is 6.20 Å². The molecule has 0 aliphatic heterocycles. The monoisotopic (exact) mass is 345 g/mol. The third kappa shape index (κ3) is 3.75. The van der Waals surface area contributed by atoms with Gasteiger partial charge in [-0.1, -0.05) is 13.8 Å². The maximum atomic E-state index is 12.3. The van der Waals surface area contributed by atoms with Gasteiger partial charge in [0, 0.05) is 29.6 Å². The Morgan fingerprint density at radius 1 is 1.28 bits per heavy atom. The largest absolute Gasteiger partial charge is 0.366 e. The van der Waals surface area contributed by atoms with E-state index in [4.69, 9.17) is 5.73 Å². The number of carbonyl (C=O) groups is 2. The normalized spacial score (nSPS) is 24.3. The van der Waals surface area contributed by atoms with E-state index in [1.54, 1.807) is 0 Å². The molecule has 1 aromatic heterocycles. The summed E-state index contributed by atoms with van der Waals surface area (Å²) in [6.07, 6.45) is 6.87. The van der Waals surface area contributed by atoms with Crippen LogP contribution in [0.4, 0.5) is 11.8 Å². The third-order valence-electron chi connectivity index (χ3n) is 5.57. The van der Waals surface area contributed by atoms with Gasteiger partial charge in [0.2, 0.25) is 5.95 Å². The summed E-state index contributed by atoms with van der Waals surface area (Å²) < 4.78 is 0. The van der Waals surface area contributed by atoms with Gasteiger partial charge in [0.25, 0.3) is 5.91 Å². The Kier molecular flexibility index (Phi) is 4.43. The van der Waals surface area contributed by atoms with E-state index in [0.717, 1.165) is 25.7 Å². The fourth-order valence-electron chi connectivity index (χ4n) is 3.43. The molecule has 3 rings (SSSR count). The van der Waals surface area contributed by atoms with Gasteiger partial charge in [0.1, 0.15) is 11.6 Å². The second kappa shape index (κ2) is 6.28. The number of amides is 1. The summed E-state index contributed by atoms with van der Waals surface area (Å²) in [5.74, 6) is 0.542. The summed E-state index contributed by atoms with van der Waals surface area (Å²) in [5, 5.41) is 6.59. The lowest BCUT2D eigenvalue weighted by atomic mass is 9.74. The fraction of sp³-hybridized carbons (Fsp3) is 0.667. The van der Waals surface area contributed by atoms with Gasteiger partial charge in [-0.3, -0.25) is 9.59 Å². The van der Waals surface area contributed by atoms with Gasteiger partial charge in [0.15, 0.2) is 0 Å². The van der Waals surface area contributed by atoms with Crippen molar-refractivity contribution in [2.75, 3.05) is 10.6 Å². The maximum Gasteiger partial charge on any atom is 0.254 e. The molecule has 2 saturated carbocycles. The van der Waals surface area contributed by atoms with E-state index in [2.05, 4.69) is 27.5 Å². The number of Topliss-reactive ketones (excluding diaryl/α,β-unsaturated/α-hetero) is 1. The van der Waals surface area contributed by atoms with Crippen molar-refractivity contribution in [1.82, 2.24) is 9.97 Å². The number of hydrogen-bond acceptors (Lipinski definition) is 6. The van der Waals surface area contributed by atoms with Crippen LogP contribution >= 0.6 is 0 Å². The Balaban J connectivity index is 1.78. The van der Waals surface area contributed by atoms with Gasteiger partial charge in [-0.25, -0.2) is 4.98 Å². The molecule has 0 bridgehead atoms. The molecule has 4 N–H and O–H groups in total. The first-order valence-corrected chi connectivity index (χ1v) is 8.93. The van der Waals surface area contributed by atoms with Crippen LogP contribution < -0.4 is 16.4 Å². The lowest BCUT2D eigenvalue weighted by molar-refractivity contribution is -0.129. The first-order chi connectivity index (χ1) is 11.7. The SMILES string of the molecule is CC1(Nc2ncc(C(N)=O)c(N[C@@H]3CCC(C)(C)C(=O)C3)n2)CCC1. The number of nitrogens with two attached hydrogens (primary N) is 1. The van der Waals surface area contributed by atoms with Crippen LogP contribution in [0.1, 0.15) is 69.7 Å². The summed E-state index contributed by atoms with van der Waals surface area (Å²) in [5.41, 5.74) is 5.44. The molecule has 2 aliphatic carbocycles. The van der Waals surface area contributed by atoms with Crippen molar-refractivity contribution in [1.29, 1.82) is 0 Å². The summed E-state index contributed by atoms with van der Waals surface area (Å²) in [6.45, 7) is 6.09. The van der Waals surface area contributed by atoms with E-state index in [0.29, 0.717) is 18.2 Å². The molecule has 136 valence electrons. The van der Waals surface area contributed by atoms with Crippen molar-refractivity contribution in [2.45, 2.75) is 70.9 Å². The molecule has 1 heterocycles. The van der Waals surface area contributed by atoms with E-state index < -0.39 is 5.91 Å². The molecular formula is C18H27N5O2. The van der Waals surface area contributed by atoms with E-state index in [1.165, 1.54) is 12.6 Å². The smallest absolute Gasteiger partial charge is 0.254 e. The summed E-state index contributed by atoms with van der Waals surface area (Å²) >= 11 is 0. The van der Waals surface area contributed by atoms with Crippen LogP contribution in [0.5, 0.6) is 0 Å². The van der Waals surface area contributed by atoms with Crippen LogP contribution in [-0.4, -0.2) is 33.2 Å². The first-order valence-electron chi connectivity index (χ1n) is 8.93. The molecule has 0 saturated heterocycles. The highest BCUT2D eigenvalue weighted by molar-refractivity contribution is 5.97. The van der Waals surface area contributed by atoms with Crippen molar-refractivity contribution < 1.29 is 9.59 Å². The lowest BCUT2D eigenvalue weighted by Gasteiger charge is -2.39. The molecule has 25 heavy (non-hydrogen) atoms. The summed E-state index contributed by atoms with van der Waals surface area (Å²) in [7, 11) is 0. The standard InChI is InChI=1S/C18H27N5O2/c1-17(2)8-5-11(9-13(17)24)21-15-12(14(19)25)10-20-16(22-15)23-18(3)6-4-7-18/h10-11H,4-9H2,1-3H3,(H2,19,25)(H2,20,21,22,23)/t11-/m1/s1. The highest BCUT2D eigenvalue weighted by atomic mass is 16.1. The molecule has 1 atom stereocenters. The zero-order chi connectivity index (χ0) is 18.2. The van der Waals surface area contributed by atoms with E-state index in [1.807, 2.05) is 13.8 Å². The molecular weight excluding hydrogens is 318 g/mol. The fourth-order valence-corrected chi connectivity index (χ4v) is 3.43. The average Bonchev–Trinajstić information content (AvgIpc) is 2.50. The first kappa shape index (κ1) is 17.6. The number of rotatable bonds is 5. The zero-order valence-electron chi connectivity index (χ0n) is 15.2. The van der Waals surface area contributed by atoms with Gasteiger partial charge in [-0.15, -0.1) is 0 Å². The van der Waals surface area contributed by atoms with E-state index in [-0.39, 0.29) is 28.3 Å². The Morgan fingerprint density at radius 3 is 2.56 bits per heavy atom. The molecule has 7 nitrogen and oxygen atoms in total. The molecule has 1 aromatic rings. The molecule has 0 aromatic carbocycles. The Labute approximate surface area is 148 Å². The van der Waals surface area contributed by atoms with Crippen molar-refractivity contribution in [3.05, 3.63) is 11.8 Å². The van der Waals surface area contributed by atoms with Crippen LogP contribution in [-0.2, 0) is 4.79 Å². The minimum absolute atomic E-state index is 0.0103. The lowest BCUT2D eigenvalue weighted by Crippen LogP contribution is -2.42. The second-order valence-electron chi connectivity index (χ2n) is 8.25. The summed E-state index contributed by atoms with van der Waals surface area (Å²) in [6, 6.07) is -0.0411. The van der Waals surface area contributed by atoms with Crippen molar-refractivity contribution >= 4 is 23.5 Å². The number of aromatic nitrogens is 2. The number of anilines is 2. The number of hydrogen-bond donors (Lipinski definition) is 3. The average molecular weight is 345 g/mol. The predicted octanol–water partition coefficient (Wildman–Crippen LogP) is 2.49. The highest BCUT2D eigenvalue weighted by Gasteiger charge is 2.35. The number of primary amides is 1. The van der Waals surface area contributed by atoms with Crippen molar-refractivity contribution in [3.63, 3.8) is 0 Å². The van der Waals surface area contributed by atoms with Crippen LogP contribution in [0, 0.1) is 5.41 Å². The zero-order valence-corrected chi connectivity index (χ0v) is 15.2. The van der Waals surface area contributed by atoms with Gasteiger partial charge in [-0.2, -0.15) is 4.98 Å². The molecule has 1 amide bonds. The topological polar surface area (TPSA) is 110 Å². The Bertz CT molecular complexity index is 697. The third-order valence-corrected chi connectivity index (χ3v) is 5.57. The van der Waals surface area contributed by atoms with Gasteiger partial charge >= 0.3 is 0 Å². The molecule has 0 radical (unpaired) electrons. The number of ketones is 1. The van der Waals surface area contributed by atoms with Crippen molar-refractivity contribution in [2.24, 2.45) is 11.1 Å². The molecule has 7 heteroatoms. The molecule has 0 spiro atoms. The van der Waals surface area contributed by atoms with Crippen LogP contribution in [0.3, 0.4) is 0 Å². The van der Waals surface area contributed by atoms with Gasteiger partial charge < -0.3 is 16.4 Å². The number of carbonyl (C=O) groups excluding carboxylic acids is 2. The quantitative estimate of drug-likeness (QED) is 0.756. The van der Waals surface area contributed by atoms with E-state index >= 15 is 0 Å². The predicted molar refractivity (Wildman–Crippen MR) is 96.5 cm³/mol. The Hall–Kier alpha value is -2.18. The molecule has 2 fully saturated rings. The Morgan fingerprint density at radius 2 is 2.00 bits per heavy atom.